The van der Waals surface area contributed by atoms with Crippen LogP contribution in [0.2, 0.25) is 0 Å². The number of rotatable bonds is 4. The molecule has 0 radical (unpaired) electrons. The van der Waals surface area contributed by atoms with Crippen LogP contribution in [-0.2, 0) is 6.42 Å². The lowest BCUT2D eigenvalue weighted by Crippen LogP contribution is -1.95. The Bertz CT molecular complexity index is 737. The van der Waals surface area contributed by atoms with Crippen molar-refractivity contribution in [1.29, 1.82) is 0 Å². The SMILES string of the molecule is CCCc1cncc(Oc2nccn3c(C)nnc23)c1. The number of hydrogen-bond donors (Lipinski definition) is 0. The van der Waals surface area contributed by atoms with Gasteiger partial charge in [0.05, 0.1) is 6.20 Å². The number of ether oxygens (including phenoxy) is 1. The van der Waals surface area contributed by atoms with Gasteiger partial charge in [0.2, 0.25) is 5.65 Å². The summed E-state index contributed by atoms with van der Waals surface area (Å²) < 4.78 is 7.63. The van der Waals surface area contributed by atoms with Gasteiger partial charge in [-0.25, -0.2) is 4.98 Å². The van der Waals surface area contributed by atoms with Crippen molar-refractivity contribution < 1.29 is 4.74 Å². The summed E-state index contributed by atoms with van der Waals surface area (Å²) in [4.78, 5) is 8.41. The van der Waals surface area contributed by atoms with E-state index in [1.165, 1.54) is 0 Å². The Morgan fingerprint density at radius 3 is 3.00 bits per heavy atom. The summed E-state index contributed by atoms with van der Waals surface area (Å²) in [5.41, 5.74) is 1.75. The second-order valence-electron chi connectivity index (χ2n) is 4.55. The molecule has 6 nitrogen and oxygen atoms in total. The molecule has 0 spiro atoms. The number of hydrogen-bond acceptors (Lipinski definition) is 5. The maximum atomic E-state index is 5.80. The molecule has 0 fully saturated rings. The smallest absolute Gasteiger partial charge is 0.265 e. The van der Waals surface area contributed by atoms with E-state index in [-0.39, 0.29) is 0 Å². The molecule has 6 heteroatoms. The van der Waals surface area contributed by atoms with Gasteiger partial charge in [0.25, 0.3) is 5.88 Å². The van der Waals surface area contributed by atoms with Gasteiger partial charge < -0.3 is 4.74 Å². The molecular weight excluding hydrogens is 254 g/mol. The van der Waals surface area contributed by atoms with Crippen molar-refractivity contribution in [2.75, 3.05) is 0 Å². The summed E-state index contributed by atoms with van der Waals surface area (Å²) in [6.45, 7) is 4.02. The van der Waals surface area contributed by atoms with E-state index < -0.39 is 0 Å². The van der Waals surface area contributed by atoms with E-state index in [0.717, 1.165) is 24.2 Å². The highest BCUT2D eigenvalue weighted by atomic mass is 16.5. The molecule has 0 bridgehead atoms. The van der Waals surface area contributed by atoms with Crippen molar-refractivity contribution in [2.24, 2.45) is 0 Å². The molecule has 0 unspecified atom stereocenters. The van der Waals surface area contributed by atoms with E-state index in [9.17, 15) is 0 Å². The quantitative estimate of drug-likeness (QED) is 0.728. The highest BCUT2D eigenvalue weighted by Gasteiger charge is 2.10. The number of pyridine rings is 1. The van der Waals surface area contributed by atoms with Crippen LogP contribution in [0.5, 0.6) is 11.6 Å². The largest absolute Gasteiger partial charge is 0.434 e. The zero-order valence-electron chi connectivity index (χ0n) is 11.4. The summed E-state index contributed by atoms with van der Waals surface area (Å²) in [7, 11) is 0. The Labute approximate surface area is 116 Å². The molecule has 0 aromatic carbocycles. The molecule has 0 saturated carbocycles. The van der Waals surface area contributed by atoms with Crippen LogP contribution in [0.3, 0.4) is 0 Å². The lowest BCUT2D eigenvalue weighted by Gasteiger charge is -2.06. The fourth-order valence-electron chi connectivity index (χ4n) is 2.05. The van der Waals surface area contributed by atoms with Crippen molar-refractivity contribution >= 4 is 5.65 Å². The van der Waals surface area contributed by atoms with Crippen LogP contribution >= 0.6 is 0 Å². The van der Waals surface area contributed by atoms with Crippen LogP contribution in [0.1, 0.15) is 24.7 Å². The van der Waals surface area contributed by atoms with E-state index in [0.29, 0.717) is 17.3 Å². The minimum Gasteiger partial charge on any atom is -0.434 e. The lowest BCUT2D eigenvalue weighted by atomic mass is 10.2. The van der Waals surface area contributed by atoms with Gasteiger partial charge in [-0.2, -0.15) is 0 Å². The fraction of sp³-hybridized carbons (Fsp3) is 0.286. The Balaban J connectivity index is 1.95. The van der Waals surface area contributed by atoms with Crippen molar-refractivity contribution in [3.05, 3.63) is 42.2 Å². The van der Waals surface area contributed by atoms with Crippen molar-refractivity contribution in [3.63, 3.8) is 0 Å². The topological polar surface area (TPSA) is 65.2 Å². The molecule has 0 saturated heterocycles. The molecule has 0 aliphatic rings. The second kappa shape index (κ2) is 5.24. The van der Waals surface area contributed by atoms with Gasteiger partial charge in [0, 0.05) is 18.6 Å². The average Bonchev–Trinajstić information content (AvgIpc) is 2.83. The van der Waals surface area contributed by atoms with E-state index >= 15 is 0 Å². The average molecular weight is 269 g/mol. The van der Waals surface area contributed by atoms with Gasteiger partial charge in [-0.05, 0) is 25.0 Å². The number of nitrogens with zero attached hydrogens (tertiary/aromatic N) is 5. The molecule has 20 heavy (non-hydrogen) atoms. The van der Waals surface area contributed by atoms with Crippen LogP contribution < -0.4 is 4.74 Å². The van der Waals surface area contributed by atoms with Gasteiger partial charge in [0.1, 0.15) is 11.6 Å². The van der Waals surface area contributed by atoms with Gasteiger partial charge >= 0.3 is 0 Å². The highest BCUT2D eigenvalue weighted by molar-refractivity contribution is 5.50. The minimum atomic E-state index is 0.434. The minimum absolute atomic E-state index is 0.434. The fourth-order valence-corrected chi connectivity index (χ4v) is 2.05. The van der Waals surface area contributed by atoms with Crippen molar-refractivity contribution in [1.82, 2.24) is 24.6 Å². The molecule has 0 atom stereocenters. The number of aryl methyl sites for hydroxylation is 2. The third-order valence-electron chi connectivity index (χ3n) is 2.99. The summed E-state index contributed by atoms with van der Waals surface area (Å²) in [5.74, 6) is 1.89. The van der Waals surface area contributed by atoms with Crippen LogP contribution in [0.4, 0.5) is 0 Å². The molecular formula is C14H15N5O. The number of fused-ring (bicyclic) bond motifs is 1. The summed E-state index contributed by atoms with van der Waals surface area (Å²) in [6, 6.07) is 1.98. The zero-order chi connectivity index (χ0) is 13.9. The Morgan fingerprint density at radius 2 is 2.15 bits per heavy atom. The first-order chi connectivity index (χ1) is 9.78. The standard InChI is InChI=1S/C14H15N5O/c1-3-4-11-7-12(9-15-8-11)20-14-13-18-17-10(2)19(13)6-5-16-14/h5-9H,3-4H2,1-2H3. The predicted octanol–water partition coefficient (Wildman–Crippen LogP) is 2.57. The van der Waals surface area contributed by atoms with Crippen LogP contribution in [0.25, 0.3) is 5.65 Å². The monoisotopic (exact) mass is 269 g/mol. The van der Waals surface area contributed by atoms with Gasteiger partial charge in [-0.15, -0.1) is 10.2 Å². The Hall–Kier alpha value is -2.50. The molecule has 3 aromatic rings. The molecule has 0 N–H and O–H groups in total. The lowest BCUT2D eigenvalue weighted by molar-refractivity contribution is 0.461. The third-order valence-corrected chi connectivity index (χ3v) is 2.99. The van der Waals surface area contributed by atoms with E-state index in [1.807, 2.05) is 29.8 Å². The first-order valence-electron chi connectivity index (χ1n) is 6.56. The molecule has 3 aromatic heterocycles. The first-order valence-corrected chi connectivity index (χ1v) is 6.56. The van der Waals surface area contributed by atoms with Crippen LogP contribution in [0, 0.1) is 6.92 Å². The van der Waals surface area contributed by atoms with Gasteiger partial charge in [-0.3, -0.25) is 9.38 Å². The molecule has 3 rings (SSSR count). The summed E-state index contributed by atoms with van der Waals surface area (Å²) >= 11 is 0. The van der Waals surface area contributed by atoms with Gasteiger partial charge in [0.15, 0.2) is 0 Å². The van der Waals surface area contributed by atoms with E-state index in [4.69, 9.17) is 4.74 Å². The molecule has 102 valence electrons. The maximum Gasteiger partial charge on any atom is 0.265 e. The van der Waals surface area contributed by atoms with Crippen molar-refractivity contribution in [3.8, 4) is 11.6 Å². The maximum absolute atomic E-state index is 5.80. The zero-order valence-corrected chi connectivity index (χ0v) is 11.4. The third kappa shape index (κ3) is 2.32. The normalized spacial score (nSPS) is 10.9. The second-order valence-corrected chi connectivity index (χ2v) is 4.55. The number of aromatic nitrogens is 5. The molecule has 0 aliphatic heterocycles. The molecule has 0 amide bonds. The molecule has 0 aliphatic carbocycles. The summed E-state index contributed by atoms with van der Waals surface area (Å²) in [6.07, 6.45) is 9.05. The summed E-state index contributed by atoms with van der Waals surface area (Å²) in [5, 5.41) is 8.10. The van der Waals surface area contributed by atoms with Crippen LogP contribution in [0.15, 0.2) is 30.9 Å². The molecule has 3 heterocycles. The van der Waals surface area contributed by atoms with E-state index in [2.05, 4.69) is 27.1 Å². The van der Waals surface area contributed by atoms with Crippen molar-refractivity contribution in [2.45, 2.75) is 26.7 Å². The van der Waals surface area contributed by atoms with Crippen LogP contribution in [-0.4, -0.2) is 24.6 Å². The Morgan fingerprint density at radius 1 is 1.25 bits per heavy atom. The predicted molar refractivity (Wildman–Crippen MR) is 73.8 cm³/mol. The van der Waals surface area contributed by atoms with Gasteiger partial charge in [-0.1, -0.05) is 13.3 Å². The Kier molecular flexibility index (Phi) is 3.28. The van der Waals surface area contributed by atoms with E-state index in [1.54, 1.807) is 12.4 Å². The first kappa shape index (κ1) is 12.5. The highest BCUT2D eigenvalue weighted by Crippen LogP contribution is 2.23.